The maximum atomic E-state index is 12.3. The number of halogens is 4. The molecule has 0 saturated heterocycles. The van der Waals surface area contributed by atoms with Gasteiger partial charge in [0, 0.05) is 32.5 Å². The molecule has 206 valence electrons. The number of nitrogens with zero attached hydrogens (tertiary/aromatic N) is 1. The van der Waals surface area contributed by atoms with Crippen molar-refractivity contribution in [1.29, 1.82) is 0 Å². The molecule has 3 N–H and O–H groups in total. The number of rotatable bonds is 10. The second-order valence-electron chi connectivity index (χ2n) is 8.28. The lowest BCUT2D eigenvalue weighted by molar-refractivity contribution is -0.274. The lowest BCUT2D eigenvalue weighted by Crippen LogP contribution is -2.21. The topological polar surface area (TPSA) is 92.2 Å². The molecule has 0 heterocycles. The summed E-state index contributed by atoms with van der Waals surface area (Å²) in [4.78, 5) is 12.3. The molecule has 1 amide bonds. The Balaban J connectivity index is 0.00000294. The number of phenols is 1. The molecule has 0 bridgehead atoms. The SMILES string of the molecule is O=C(N/N=C/c1ccc(OCCNCc2ccc(OC(F)(F)F)cc2)c2ccccc12)c1ccc(O)c(Cl)c1.[HH].[HH]. The third-order valence-corrected chi connectivity index (χ3v) is 5.82. The average Bonchev–Trinajstić information content (AvgIpc) is 2.91. The van der Waals surface area contributed by atoms with E-state index in [1.807, 2.05) is 36.4 Å². The van der Waals surface area contributed by atoms with Crippen LogP contribution in [0.25, 0.3) is 10.8 Å². The number of fused-ring (bicyclic) bond motifs is 1. The fourth-order valence-corrected chi connectivity index (χ4v) is 3.86. The lowest BCUT2D eigenvalue weighted by atomic mass is 10.0. The van der Waals surface area contributed by atoms with Crippen LogP contribution in [0.5, 0.6) is 17.2 Å². The third kappa shape index (κ3) is 7.86. The van der Waals surface area contributed by atoms with E-state index in [1.54, 1.807) is 12.1 Å². The van der Waals surface area contributed by atoms with E-state index in [0.29, 0.717) is 25.4 Å². The highest BCUT2D eigenvalue weighted by Gasteiger charge is 2.30. The zero-order valence-corrected chi connectivity index (χ0v) is 21.1. The zero-order chi connectivity index (χ0) is 27.8. The Kier molecular flexibility index (Phi) is 8.90. The van der Waals surface area contributed by atoms with E-state index in [0.717, 1.165) is 21.9 Å². The molecule has 4 rings (SSSR count). The molecule has 0 unspecified atom stereocenters. The molecule has 11 heteroatoms. The van der Waals surface area contributed by atoms with Crippen LogP contribution in [-0.2, 0) is 6.54 Å². The number of benzene rings is 4. The molecule has 0 saturated carbocycles. The van der Waals surface area contributed by atoms with Gasteiger partial charge in [-0.2, -0.15) is 5.10 Å². The lowest BCUT2D eigenvalue weighted by Gasteiger charge is -2.12. The van der Waals surface area contributed by atoms with Gasteiger partial charge in [-0.05, 0) is 53.4 Å². The highest BCUT2D eigenvalue weighted by atomic mass is 35.5. The van der Waals surface area contributed by atoms with Crippen molar-refractivity contribution in [3.63, 3.8) is 0 Å². The maximum Gasteiger partial charge on any atom is 0.573 e. The summed E-state index contributed by atoms with van der Waals surface area (Å²) < 4.78 is 46.6. The van der Waals surface area contributed by atoms with Gasteiger partial charge in [-0.3, -0.25) is 4.79 Å². The van der Waals surface area contributed by atoms with Crippen LogP contribution in [0.2, 0.25) is 5.02 Å². The number of ether oxygens (including phenoxy) is 2. The number of aromatic hydroxyl groups is 1. The van der Waals surface area contributed by atoms with E-state index in [-0.39, 0.29) is 24.9 Å². The summed E-state index contributed by atoms with van der Waals surface area (Å²) in [6.45, 7) is 1.32. The van der Waals surface area contributed by atoms with E-state index in [1.165, 1.54) is 36.5 Å². The highest BCUT2D eigenvalue weighted by molar-refractivity contribution is 6.32. The monoisotopic (exact) mass is 561 g/mol. The number of hydrogen-bond acceptors (Lipinski definition) is 6. The minimum Gasteiger partial charge on any atom is -0.506 e. The first-order chi connectivity index (χ1) is 18.7. The van der Waals surface area contributed by atoms with Crippen LogP contribution in [-0.4, -0.2) is 36.7 Å². The molecule has 0 aromatic heterocycles. The van der Waals surface area contributed by atoms with E-state index in [9.17, 15) is 23.1 Å². The highest BCUT2D eigenvalue weighted by Crippen LogP contribution is 2.28. The van der Waals surface area contributed by atoms with Crippen LogP contribution in [0.4, 0.5) is 13.2 Å². The van der Waals surface area contributed by atoms with Crippen LogP contribution in [0.15, 0.2) is 84.0 Å². The summed E-state index contributed by atoms with van der Waals surface area (Å²) in [5.74, 6) is -0.189. The molecule has 39 heavy (non-hydrogen) atoms. The van der Waals surface area contributed by atoms with E-state index in [2.05, 4.69) is 20.6 Å². The van der Waals surface area contributed by atoms with Crippen molar-refractivity contribution in [2.75, 3.05) is 13.2 Å². The predicted molar refractivity (Wildman–Crippen MR) is 147 cm³/mol. The van der Waals surface area contributed by atoms with Gasteiger partial charge in [-0.1, -0.05) is 48.0 Å². The molecule has 7 nitrogen and oxygen atoms in total. The first-order valence-electron chi connectivity index (χ1n) is 11.7. The number of alkyl halides is 3. The maximum absolute atomic E-state index is 12.3. The van der Waals surface area contributed by atoms with Gasteiger partial charge in [0.15, 0.2) is 0 Å². The van der Waals surface area contributed by atoms with Gasteiger partial charge in [0.1, 0.15) is 23.9 Å². The van der Waals surface area contributed by atoms with Gasteiger partial charge in [0.2, 0.25) is 0 Å². The second-order valence-corrected chi connectivity index (χ2v) is 8.69. The Bertz CT molecular complexity index is 1490. The number of hydrogen-bond donors (Lipinski definition) is 3. The molecule has 4 aromatic rings. The molecule has 0 radical (unpaired) electrons. The molecule has 0 aliphatic rings. The molecule has 4 aromatic carbocycles. The van der Waals surface area contributed by atoms with Crippen LogP contribution in [0.3, 0.4) is 0 Å². The summed E-state index contributed by atoms with van der Waals surface area (Å²) in [7, 11) is 0. The van der Waals surface area contributed by atoms with E-state index < -0.39 is 12.3 Å². The molecule has 0 fully saturated rings. The minimum atomic E-state index is -4.72. The van der Waals surface area contributed by atoms with Crippen LogP contribution >= 0.6 is 11.6 Å². The van der Waals surface area contributed by atoms with Gasteiger partial charge >= 0.3 is 6.36 Å². The Labute approximate surface area is 229 Å². The fraction of sp³-hybridized carbons (Fsp3) is 0.143. The summed E-state index contributed by atoms with van der Waals surface area (Å²) in [5, 5.41) is 18.5. The third-order valence-electron chi connectivity index (χ3n) is 5.52. The summed E-state index contributed by atoms with van der Waals surface area (Å²) in [5.41, 5.74) is 4.26. The number of nitrogens with one attached hydrogen (secondary N) is 2. The summed E-state index contributed by atoms with van der Waals surface area (Å²) in [6.07, 6.45) is -3.19. The van der Waals surface area contributed by atoms with Crippen molar-refractivity contribution in [3.8, 4) is 17.2 Å². The Morgan fingerprint density at radius 3 is 2.49 bits per heavy atom. The van der Waals surface area contributed by atoms with Gasteiger partial charge in [0.25, 0.3) is 5.91 Å². The molecule has 0 atom stereocenters. The van der Waals surface area contributed by atoms with Crippen LogP contribution in [0.1, 0.15) is 24.3 Å². The van der Waals surface area contributed by atoms with Crippen molar-refractivity contribution in [1.82, 2.24) is 10.7 Å². The molecule has 0 aliphatic heterocycles. The van der Waals surface area contributed by atoms with Crippen molar-refractivity contribution >= 4 is 34.5 Å². The summed E-state index contributed by atoms with van der Waals surface area (Å²) >= 11 is 5.85. The molecule has 0 spiro atoms. The molecular formula is C28H27ClF3N3O4. The van der Waals surface area contributed by atoms with Gasteiger partial charge in [-0.25, -0.2) is 5.43 Å². The Hall–Kier alpha value is -4.28. The van der Waals surface area contributed by atoms with Crippen molar-refractivity contribution in [2.45, 2.75) is 12.9 Å². The van der Waals surface area contributed by atoms with Gasteiger partial charge in [-0.15, -0.1) is 13.2 Å². The van der Waals surface area contributed by atoms with E-state index in [4.69, 9.17) is 16.3 Å². The van der Waals surface area contributed by atoms with Crippen LogP contribution in [0, 0.1) is 0 Å². The first-order valence-corrected chi connectivity index (χ1v) is 12.1. The van der Waals surface area contributed by atoms with E-state index >= 15 is 0 Å². The normalized spacial score (nSPS) is 11.6. The average molecular weight is 562 g/mol. The smallest absolute Gasteiger partial charge is 0.506 e. The Morgan fingerprint density at radius 1 is 1.03 bits per heavy atom. The van der Waals surface area contributed by atoms with Crippen molar-refractivity contribution in [3.05, 3.63) is 101 Å². The standard InChI is InChI=1S/C28H23ClF3N3O4.2H2/c29-24-15-19(7-11-25(24)36)27(37)35-34-17-20-8-12-26(23-4-2-1-3-22(20)23)38-14-13-33-16-18-5-9-21(10-6-18)39-28(30,31)32;;/h1-12,15,17,33,36H,13-14,16H2,(H,35,37);2*1H/b34-17+;;. The van der Waals surface area contributed by atoms with Crippen molar-refractivity contribution < 1.29 is 35.4 Å². The number of hydrazone groups is 1. The number of phenolic OH excluding ortho intramolecular Hbond substituents is 1. The second kappa shape index (κ2) is 12.5. The largest absolute Gasteiger partial charge is 0.573 e. The fourth-order valence-electron chi connectivity index (χ4n) is 3.68. The Morgan fingerprint density at radius 2 is 1.77 bits per heavy atom. The number of carbonyl (C=O) groups excluding carboxylic acids is 1. The zero-order valence-electron chi connectivity index (χ0n) is 20.3. The minimum absolute atomic E-state index is 0. The van der Waals surface area contributed by atoms with Gasteiger partial charge < -0.3 is 19.9 Å². The molecular weight excluding hydrogens is 535 g/mol. The number of carbonyl (C=O) groups is 1. The van der Waals surface area contributed by atoms with Crippen LogP contribution < -0.4 is 20.2 Å². The van der Waals surface area contributed by atoms with Gasteiger partial charge in [0.05, 0.1) is 11.2 Å². The number of amides is 1. The van der Waals surface area contributed by atoms with Crippen molar-refractivity contribution in [2.24, 2.45) is 5.10 Å². The molecule has 0 aliphatic carbocycles. The summed E-state index contributed by atoms with van der Waals surface area (Å²) in [6, 6.07) is 21.0. The first kappa shape index (κ1) is 27.7. The quantitative estimate of drug-likeness (QED) is 0.116. The predicted octanol–water partition coefficient (Wildman–Crippen LogP) is 6.52.